The Labute approximate surface area is 317 Å². The van der Waals surface area contributed by atoms with Gasteiger partial charge in [0, 0.05) is 6.42 Å². The molecule has 1 unspecified atom stereocenters. The van der Waals surface area contributed by atoms with Crippen LogP contribution in [-0.2, 0) is 18.4 Å². The Kier molecular flexibility index (Phi) is 34.9. The minimum Gasteiger partial charge on any atom is -0.391 e. The highest BCUT2D eigenvalue weighted by Crippen LogP contribution is 2.43. The molecule has 0 aliphatic rings. The smallest absolute Gasteiger partial charge is 0.391 e. The fraction of sp³-hybridized carbons (Fsp3) is 0.976. The van der Waals surface area contributed by atoms with Gasteiger partial charge in [0.1, 0.15) is 13.2 Å². The van der Waals surface area contributed by atoms with Gasteiger partial charge in [-0.15, -0.1) is 0 Å². The van der Waals surface area contributed by atoms with E-state index in [0.717, 1.165) is 38.5 Å². The Balaban J connectivity index is 4.19. The van der Waals surface area contributed by atoms with Crippen molar-refractivity contribution < 1.29 is 32.9 Å². The van der Waals surface area contributed by atoms with Crippen molar-refractivity contribution in [1.29, 1.82) is 0 Å². The molecule has 0 radical (unpaired) electrons. The van der Waals surface area contributed by atoms with Gasteiger partial charge in [-0.3, -0.25) is 13.8 Å². The van der Waals surface area contributed by atoms with E-state index in [9.17, 15) is 19.4 Å². The molecule has 0 fully saturated rings. The fourth-order valence-corrected chi connectivity index (χ4v) is 7.31. The highest BCUT2D eigenvalue weighted by molar-refractivity contribution is 7.47. The van der Waals surface area contributed by atoms with Crippen LogP contribution in [-0.4, -0.2) is 73.4 Å². The Hall–Kier alpha value is -0.500. The Morgan fingerprint density at radius 2 is 0.941 bits per heavy atom. The van der Waals surface area contributed by atoms with Crippen molar-refractivity contribution in [2.45, 2.75) is 225 Å². The van der Waals surface area contributed by atoms with Gasteiger partial charge < -0.3 is 19.8 Å². The van der Waals surface area contributed by atoms with Gasteiger partial charge in [0.15, 0.2) is 0 Å². The molecule has 0 aliphatic carbocycles. The van der Waals surface area contributed by atoms with Crippen LogP contribution in [0.1, 0.15) is 213 Å². The van der Waals surface area contributed by atoms with Crippen molar-refractivity contribution in [1.82, 2.24) is 5.32 Å². The van der Waals surface area contributed by atoms with E-state index in [1.165, 1.54) is 148 Å². The second-order valence-electron chi connectivity index (χ2n) is 16.4. The van der Waals surface area contributed by atoms with Crippen molar-refractivity contribution in [3.05, 3.63) is 0 Å². The first-order valence-corrected chi connectivity index (χ1v) is 23.4. The number of nitrogens with one attached hydrogen (secondary N) is 1. The van der Waals surface area contributed by atoms with Gasteiger partial charge in [-0.25, -0.2) is 4.57 Å². The molecule has 0 aromatic heterocycles. The summed E-state index contributed by atoms with van der Waals surface area (Å²) in [7, 11) is 1.62. The van der Waals surface area contributed by atoms with Crippen molar-refractivity contribution in [3.8, 4) is 0 Å². The lowest BCUT2D eigenvalue weighted by atomic mass is 10.0. The summed E-state index contributed by atoms with van der Waals surface area (Å²) >= 11 is 0. The summed E-state index contributed by atoms with van der Waals surface area (Å²) in [4.78, 5) is 23.1. The average molecular weight is 748 g/mol. The third-order valence-electron chi connectivity index (χ3n) is 10.1. The molecular weight excluding hydrogens is 659 g/mol. The lowest BCUT2D eigenvalue weighted by molar-refractivity contribution is -0.870. The third-order valence-corrected chi connectivity index (χ3v) is 11.1. The first-order chi connectivity index (χ1) is 24.5. The minimum atomic E-state index is -4.30. The van der Waals surface area contributed by atoms with E-state index in [1.54, 1.807) is 0 Å². The number of nitrogens with zero attached hydrogens (tertiary/aromatic N) is 1. The first kappa shape index (κ1) is 50.5. The number of hydrogen-bond acceptors (Lipinski definition) is 5. The number of aliphatic hydroxyl groups is 1. The maximum absolute atomic E-state index is 12.8. The molecule has 0 saturated heterocycles. The molecule has 51 heavy (non-hydrogen) atoms. The molecule has 0 spiro atoms. The molecule has 1 amide bonds. The molecule has 3 atom stereocenters. The second-order valence-corrected chi connectivity index (χ2v) is 17.9. The number of quaternary nitrogens is 1. The molecule has 0 aliphatic heterocycles. The number of carbonyl (C=O) groups excluding carboxylic acids is 1. The maximum Gasteiger partial charge on any atom is 0.472 e. The SMILES string of the molecule is CCCCCCCCCCCCCCCCCCCCCCC(=O)N[C@@H](COP(=O)(O)OCC[N+](C)(C)C)[C@H](O)CCCCCCCCCCC. The minimum absolute atomic E-state index is 0.0781. The summed E-state index contributed by atoms with van der Waals surface area (Å²) < 4.78 is 23.5. The number of hydrogen-bond donors (Lipinski definition) is 3. The average Bonchev–Trinajstić information content (AvgIpc) is 3.07. The van der Waals surface area contributed by atoms with Crippen LogP contribution in [0.15, 0.2) is 0 Å². The van der Waals surface area contributed by atoms with E-state index < -0.39 is 20.0 Å². The molecule has 0 aromatic carbocycles. The number of rotatable bonds is 40. The Morgan fingerprint density at radius 1 is 0.588 bits per heavy atom. The van der Waals surface area contributed by atoms with E-state index in [1.807, 2.05) is 21.1 Å². The van der Waals surface area contributed by atoms with Gasteiger partial charge >= 0.3 is 7.82 Å². The highest BCUT2D eigenvalue weighted by atomic mass is 31.2. The van der Waals surface area contributed by atoms with Crippen LogP contribution >= 0.6 is 7.82 Å². The lowest BCUT2D eigenvalue weighted by Gasteiger charge is -2.26. The van der Waals surface area contributed by atoms with Crippen LogP contribution in [0.2, 0.25) is 0 Å². The number of unbranched alkanes of at least 4 members (excludes halogenated alkanes) is 27. The van der Waals surface area contributed by atoms with Crippen LogP contribution in [0.4, 0.5) is 0 Å². The van der Waals surface area contributed by atoms with E-state index >= 15 is 0 Å². The van der Waals surface area contributed by atoms with Crippen LogP contribution in [0.3, 0.4) is 0 Å². The van der Waals surface area contributed by atoms with Gasteiger partial charge in [0.2, 0.25) is 5.91 Å². The summed E-state index contributed by atoms with van der Waals surface area (Å²) in [5, 5.41) is 13.9. The van der Waals surface area contributed by atoms with Crippen molar-refractivity contribution in [2.75, 3.05) is 40.9 Å². The predicted molar refractivity (Wildman–Crippen MR) is 217 cm³/mol. The normalized spacial score (nSPS) is 14.4. The molecule has 0 rings (SSSR count). The number of phosphoric ester groups is 1. The van der Waals surface area contributed by atoms with Gasteiger partial charge in [0.05, 0.1) is 39.9 Å². The van der Waals surface area contributed by atoms with Crippen molar-refractivity contribution >= 4 is 13.7 Å². The van der Waals surface area contributed by atoms with E-state index in [2.05, 4.69) is 19.2 Å². The summed E-state index contributed by atoms with van der Waals surface area (Å²) in [6, 6.07) is -0.751. The summed E-state index contributed by atoms with van der Waals surface area (Å²) in [5.74, 6) is -0.143. The molecule has 306 valence electrons. The van der Waals surface area contributed by atoms with E-state index in [4.69, 9.17) is 9.05 Å². The Bertz CT molecular complexity index is 809. The number of likely N-dealkylation sites (N-methyl/N-ethyl adjacent to an activating group) is 1. The van der Waals surface area contributed by atoms with E-state index in [-0.39, 0.29) is 19.1 Å². The molecule has 0 saturated carbocycles. The quantitative estimate of drug-likeness (QED) is 0.0327. The van der Waals surface area contributed by atoms with E-state index in [0.29, 0.717) is 23.9 Å². The van der Waals surface area contributed by atoms with Gasteiger partial charge in [0.25, 0.3) is 0 Å². The maximum atomic E-state index is 12.8. The zero-order valence-corrected chi connectivity index (χ0v) is 35.5. The third kappa shape index (κ3) is 37.6. The largest absolute Gasteiger partial charge is 0.472 e. The molecular formula is C42H88N2O6P+. The van der Waals surface area contributed by atoms with Gasteiger partial charge in [-0.05, 0) is 12.8 Å². The van der Waals surface area contributed by atoms with Crippen LogP contribution in [0.25, 0.3) is 0 Å². The zero-order valence-electron chi connectivity index (χ0n) is 34.6. The van der Waals surface area contributed by atoms with Gasteiger partial charge in [-0.1, -0.05) is 194 Å². The fourth-order valence-electron chi connectivity index (χ4n) is 6.58. The van der Waals surface area contributed by atoms with Gasteiger partial charge in [-0.2, -0.15) is 0 Å². The second kappa shape index (κ2) is 35.2. The first-order valence-electron chi connectivity index (χ1n) is 21.9. The molecule has 9 heteroatoms. The zero-order chi connectivity index (χ0) is 37.9. The number of phosphoric acid groups is 1. The standard InChI is InChI=1S/C42H87N2O6P/c1-6-8-10-12-14-16-17-18-19-20-21-22-23-24-25-26-28-30-32-34-36-42(46)43-40(39-50-51(47,48)49-38-37-44(3,4)5)41(45)35-33-31-29-27-15-13-11-9-7-2/h40-41,45H,6-39H2,1-5H3,(H-,43,46,47,48)/p+1/t40-,41+/m0/s1. The number of amides is 1. The molecule has 0 aromatic rings. The number of carbonyl (C=O) groups is 1. The highest BCUT2D eigenvalue weighted by Gasteiger charge is 2.28. The lowest BCUT2D eigenvalue weighted by Crippen LogP contribution is -2.46. The van der Waals surface area contributed by atoms with Crippen LogP contribution in [0.5, 0.6) is 0 Å². The molecule has 3 N–H and O–H groups in total. The topological polar surface area (TPSA) is 105 Å². The number of aliphatic hydroxyl groups excluding tert-OH is 1. The summed E-state index contributed by atoms with van der Waals surface area (Å²) in [5.41, 5.74) is 0. The molecule has 0 bridgehead atoms. The Morgan fingerprint density at radius 3 is 1.31 bits per heavy atom. The van der Waals surface area contributed by atoms with Crippen molar-refractivity contribution in [2.24, 2.45) is 0 Å². The van der Waals surface area contributed by atoms with Crippen LogP contribution < -0.4 is 5.32 Å². The summed E-state index contributed by atoms with van der Waals surface area (Å²) in [6.45, 7) is 4.88. The van der Waals surface area contributed by atoms with Crippen molar-refractivity contribution in [3.63, 3.8) is 0 Å². The van der Waals surface area contributed by atoms with Crippen LogP contribution in [0, 0.1) is 0 Å². The molecule has 8 nitrogen and oxygen atoms in total. The monoisotopic (exact) mass is 748 g/mol. The molecule has 0 heterocycles. The predicted octanol–water partition coefficient (Wildman–Crippen LogP) is 11.8. The summed E-state index contributed by atoms with van der Waals surface area (Å²) in [6.07, 6.45) is 37.1.